The first-order valence-corrected chi connectivity index (χ1v) is 6.21. The van der Waals surface area contributed by atoms with Crippen LogP contribution in [0.5, 0.6) is 0 Å². The van der Waals surface area contributed by atoms with Crippen molar-refractivity contribution in [2.75, 3.05) is 0 Å². The van der Waals surface area contributed by atoms with E-state index in [-0.39, 0.29) is 0 Å². The number of terminal acetylenes is 1. The molecule has 16 heavy (non-hydrogen) atoms. The zero-order chi connectivity index (χ0) is 11.2. The molecule has 0 spiro atoms. The zero-order valence-corrected chi connectivity index (χ0v) is 9.78. The molecule has 1 aliphatic rings. The number of rotatable bonds is 4. The third-order valence-electron chi connectivity index (χ3n) is 3.36. The molecule has 0 saturated heterocycles. The Morgan fingerprint density at radius 1 is 1.38 bits per heavy atom. The van der Waals surface area contributed by atoms with Crippen molar-refractivity contribution in [3.63, 3.8) is 0 Å². The highest BCUT2D eigenvalue weighted by atomic mass is 15.0. The van der Waals surface area contributed by atoms with Crippen LogP contribution in [0.15, 0.2) is 18.3 Å². The number of nitrogens with zero attached hydrogens (tertiary/aromatic N) is 1. The lowest BCUT2D eigenvalue weighted by Gasteiger charge is -2.23. The van der Waals surface area contributed by atoms with Crippen LogP contribution in [0.25, 0.3) is 0 Å². The summed E-state index contributed by atoms with van der Waals surface area (Å²) in [6, 6.07) is 4.92. The van der Waals surface area contributed by atoms with Gasteiger partial charge in [0.15, 0.2) is 0 Å². The van der Waals surface area contributed by atoms with Crippen LogP contribution in [-0.2, 0) is 13.1 Å². The minimum Gasteiger partial charge on any atom is -0.339 e. The molecule has 0 atom stereocenters. The van der Waals surface area contributed by atoms with Gasteiger partial charge in [0.2, 0.25) is 0 Å². The Hall–Kier alpha value is -1.20. The molecule has 0 bridgehead atoms. The molecule has 0 aromatic carbocycles. The highest BCUT2D eigenvalue weighted by Gasteiger charge is 2.12. The Bertz CT molecular complexity index is 353. The van der Waals surface area contributed by atoms with E-state index in [1.165, 1.54) is 37.8 Å². The summed E-state index contributed by atoms with van der Waals surface area (Å²) in [6.07, 6.45) is 14.2. The average molecular weight is 216 g/mol. The lowest BCUT2D eigenvalue weighted by atomic mass is 9.95. The molecule has 0 unspecified atom stereocenters. The number of hydrogen-bond acceptors (Lipinski definition) is 1. The number of hydrogen-bond donors (Lipinski definition) is 1. The van der Waals surface area contributed by atoms with Crippen LogP contribution in [-0.4, -0.2) is 10.6 Å². The van der Waals surface area contributed by atoms with Crippen molar-refractivity contribution < 1.29 is 0 Å². The standard InChI is InChI=1S/C14H20N2/c1-2-10-16-11-6-9-14(16)12-15-13-7-4-3-5-8-13/h1,6,9,11,13,15H,3-5,7-8,10,12H2. The molecule has 1 fully saturated rings. The summed E-state index contributed by atoms with van der Waals surface area (Å²) in [6.45, 7) is 1.62. The minimum atomic E-state index is 0.675. The fraction of sp³-hybridized carbons (Fsp3) is 0.571. The van der Waals surface area contributed by atoms with Crippen LogP contribution in [0.4, 0.5) is 0 Å². The third kappa shape index (κ3) is 2.90. The molecule has 1 heterocycles. The lowest BCUT2D eigenvalue weighted by Crippen LogP contribution is -2.31. The smallest absolute Gasteiger partial charge is 0.0832 e. The topological polar surface area (TPSA) is 17.0 Å². The van der Waals surface area contributed by atoms with Gasteiger partial charge in [-0.2, -0.15) is 0 Å². The van der Waals surface area contributed by atoms with E-state index < -0.39 is 0 Å². The van der Waals surface area contributed by atoms with E-state index in [2.05, 4.69) is 34.1 Å². The van der Waals surface area contributed by atoms with Crippen molar-refractivity contribution in [3.05, 3.63) is 24.0 Å². The van der Waals surface area contributed by atoms with Gasteiger partial charge in [0.05, 0.1) is 6.54 Å². The van der Waals surface area contributed by atoms with E-state index in [1.54, 1.807) is 0 Å². The molecule has 2 heteroatoms. The van der Waals surface area contributed by atoms with E-state index in [0.717, 1.165) is 6.54 Å². The Kier molecular flexibility index (Phi) is 4.07. The van der Waals surface area contributed by atoms with Crippen LogP contribution in [0.2, 0.25) is 0 Å². The van der Waals surface area contributed by atoms with Crippen molar-refractivity contribution in [1.29, 1.82) is 0 Å². The Balaban J connectivity index is 1.84. The van der Waals surface area contributed by atoms with Gasteiger partial charge >= 0.3 is 0 Å². The van der Waals surface area contributed by atoms with Crippen LogP contribution >= 0.6 is 0 Å². The number of aromatic nitrogens is 1. The first kappa shape index (κ1) is 11.3. The number of nitrogens with one attached hydrogen (secondary N) is 1. The molecule has 0 aliphatic heterocycles. The molecule has 2 nitrogen and oxygen atoms in total. The minimum absolute atomic E-state index is 0.675. The predicted molar refractivity (Wildman–Crippen MR) is 67.0 cm³/mol. The van der Waals surface area contributed by atoms with Gasteiger partial charge in [0, 0.05) is 24.5 Å². The SMILES string of the molecule is C#CCn1cccc1CNC1CCCCC1. The van der Waals surface area contributed by atoms with Crippen molar-refractivity contribution in [1.82, 2.24) is 9.88 Å². The first-order valence-electron chi connectivity index (χ1n) is 6.21. The quantitative estimate of drug-likeness (QED) is 0.765. The summed E-state index contributed by atoms with van der Waals surface area (Å²) in [5.41, 5.74) is 1.29. The Labute approximate surface area is 98.0 Å². The van der Waals surface area contributed by atoms with Crippen LogP contribution < -0.4 is 5.32 Å². The summed E-state index contributed by atoms with van der Waals surface area (Å²) in [7, 11) is 0. The zero-order valence-electron chi connectivity index (χ0n) is 9.78. The van der Waals surface area contributed by atoms with Gasteiger partial charge in [-0.15, -0.1) is 6.42 Å². The normalized spacial score (nSPS) is 17.2. The van der Waals surface area contributed by atoms with Gasteiger partial charge in [-0.3, -0.25) is 0 Å². The molecule has 1 saturated carbocycles. The third-order valence-corrected chi connectivity index (χ3v) is 3.36. The average Bonchev–Trinajstić information content (AvgIpc) is 2.76. The van der Waals surface area contributed by atoms with Gasteiger partial charge < -0.3 is 9.88 Å². The van der Waals surface area contributed by atoms with Gasteiger partial charge in [0.1, 0.15) is 0 Å². The Morgan fingerprint density at radius 3 is 2.94 bits per heavy atom. The molecule has 1 aromatic heterocycles. The molecule has 1 N–H and O–H groups in total. The van der Waals surface area contributed by atoms with E-state index in [0.29, 0.717) is 12.6 Å². The second kappa shape index (κ2) is 5.77. The summed E-state index contributed by atoms with van der Waals surface area (Å²) in [5, 5.41) is 3.63. The lowest BCUT2D eigenvalue weighted by molar-refractivity contribution is 0.369. The molecule has 0 radical (unpaired) electrons. The molecule has 2 rings (SSSR count). The molecule has 86 valence electrons. The second-order valence-corrected chi connectivity index (χ2v) is 4.55. The van der Waals surface area contributed by atoms with E-state index in [9.17, 15) is 0 Å². The van der Waals surface area contributed by atoms with E-state index in [1.807, 2.05) is 0 Å². The van der Waals surface area contributed by atoms with Crippen LogP contribution in [0.3, 0.4) is 0 Å². The fourth-order valence-electron chi connectivity index (χ4n) is 2.42. The maximum absolute atomic E-state index is 5.34. The predicted octanol–water partition coefficient (Wildman–Crippen LogP) is 2.54. The van der Waals surface area contributed by atoms with E-state index in [4.69, 9.17) is 6.42 Å². The van der Waals surface area contributed by atoms with Gasteiger partial charge in [-0.1, -0.05) is 25.2 Å². The van der Waals surface area contributed by atoms with Crippen LogP contribution in [0.1, 0.15) is 37.8 Å². The maximum Gasteiger partial charge on any atom is 0.0832 e. The molecule has 1 aliphatic carbocycles. The molecular weight excluding hydrogens is 196 g/mol. The molecule has 1 aromatic rings. The van der Waals surface area contributed by atoms with Gasteiger partial charge in [0.25, 0.3) is 0 Å². The first-order chi connectivity index (χ1) is 7.90. The summed E-state index contributed by atoms with van der Waals surface area (Å²) in [4.78, 5) is 0. The fourth-order valence-corrected chi connectivity index (χ4v) is 2.42. The van der Waals surface area contributed by atoms with Gasteiger partial charge in [-0.05, 0) is 25.0 Å². The summed E-state index contributed by atoms with van der Waals surface area (Å²) >= 11 is 0. The second-order valence-electron chi connectivity index (χ2n) is 4.55. The van der Waals surface area contributed by atoms with Crippen molar-refractivity contribution in [3.8, 4) is 12.3 Å². The van der Waals surface area contributed by atoms with Gasteiger partial charge in [-0.25, -0.2) is 0 Å². The maximum atomic E-state index is 5.34. The monoisotopic (exact) mass is 216 g/mol. The molecular formula is C14H20N2. The molecule has 0 amide bonds. The highest BCUT2D eigenvalue weighted by Crippen LogP contribution is 2.17. The summed E-state index contributed by atoms with van der Waals surface area (Å²) < 4.78 is 2.13. The summed E-state index contributed by atoms with van der Waals surface area (Å²) in [5.74, 6) is 2.68. The largest absolute Gasteiger partial charge is 0.339 e. The van der Waals surface area contributed by atoms with Crippen molar-refractivity contribution >= 4 is 0 Å². The van der Waals surface area contributed by atoms with Crippen LogP contribution in [0, 0.1) is 12.3 Å². The van der Waals surface area contributed by atoms with Crippen molar-refractivity contribution in [2.24, 2.45) is 0 Å². The Morgan fingerprint density at radius 2 is 2.19 bits per heavy atom. The van der Waals surface area contributed by atoms with E-state index >= 15 is 0 Å². The van der Waals surface area contributed by atoms with Crippen molar-refractivity contribution in [2.45, 2.75) is 51.2 Å². The highest BCUT2D eigenvalue weighted by molar-refractivity contribution is 5.09.